The van der Waals surface area contributed by atoms with Crippen molar-refractivity contribution in [2.24, 2.45) is 4.40 Å². The molecule has 0 aromatic rings. The van der Waals surface area contributed by atoms with Crippen LogP contribution in [0.5, 0.6) is 0 Å². The fraction of sp³-hybridized carbons (Fsp3) is 0.500. The molecule has 0 N–H and O–H groups in total. The van der Waals surface area contributed by atoms with Gasteiger partial charge in [-0.1, -0.05) is 0 Å². The van der Waals surface area contributed by atoms with Crippen molar-refractivity contribution < 1.29 is 4.79 Å². The van der Waals surface area contributed by atoms with E-state index in [4.69, 9.17) is 0 Å². The van der Waals surface area contributed by atoms with Gasteiger partial charge in [0.05, 0.1) is 6.21 Å². The lowest BCUT2D eigenvalue weighted by molar-refractivity contribution is -0.112. The van der Waals surface area contributed by atoms with Gasteiger partial charge in [0.15, 0.2) is 5.78 Å². The molecule has 0 saturated carbocycles. The van der Waals surface area contributed by atoms with E-state index in [9.17, 15) is 4.79 Å². The van der Waals surface area contributed by atoms with Gasteiger partial charge in [-0.2, -0.15) is 0 Å². The number of carbonyl (C=O) groups is 1. The molecule has 0 atom stereocenters. The van der Waals surface area contributed by atoms with Gasteiger partial charge >= 0.3 is 0 Å². The predicted molar refractivity (Wildman–Crippen MR) is 30.6 cm³/mol. The van der Waals surface area contributed by atoms with E-state index in [2.05, 4.69) is 4.40 Å². The van der Waals surface area contributed by atoms with E-state index < -0.39 is 0 Å². The van der Waals surface area contributed by atoms with Crippen LogP contribution in [-0.2, 0) is 4.79 Å². The van der Waals surface area contributed by atoms with Crippen LogP contribution < -0.4 is 0 Å². The SMILES string of the molecule is O=C1C=NSCC1. The standard InChI is InChI=1S/C4H5NOS/c6-4-1-2-7-5-3-4/h3H,1-2H2. The zero-order valence-electron chi connectivity index (χ0n) is 3.76. The molecule has 0 aliphatic carbocycles. The van der Waals surface area contributed by atoms with Gasteiger partial charge in [-0.05, 0) is 11.9 Å². The lowest BCUT2D eigenvalue weighted by Crippen LogP contribution is -2.03. The maximum absolute atomic E-state index is 10.3. The summed E-state index contributed by atoms with van der Waals surface area (Å²) in [5, 5.41) is 0. The van der Waals surface area contributed by atoms with E-state index in [1.54, 1.807) is 0 Å². The topological polar surface area (TPSA) is 29.4 Å². The van der Waals surface area contributed by atoms with Gasteiger partial charge in [0.1, 0.15) is 0 Å². The van der Waals surface area contributed by atoms with E-state index in [1.807, 2.05) is 0 Å². The van der Waals surface area contributed by atoms with Crippen LogP contribution in [0.15, 0.2) is 4.40 Å². The lowest BCUT2D eigenvalue weighted by Gasteiger charge is -1.95. The molecule has 0 aromatic heterocycles. The van der Waals surface area contributed by atoms with Crippen LogP contribution in [0.25, 0.3) is 0 Å². The van der Waals surface area contributed by atoms with Gasteiger partial charge < -0.3 is 0 Å². The molecule has 38 valence electrons. The van der Waals surface area contributed by atoms with E-state index in [0.29, 0.717) is 6.42 Å². The molecular weight excluding hydrogens is 110 g/mol. The minimum Gasteiger partial charge on any atom is -0.293 e. The highest BCUT2D eigenvalue weighted by Crippen LogP contribution is 2.07. The molecule has 0 amide bonds. The summed E-state index contributed by atoms with van der Waals surface area (Å²) in [5.41, 5.74) is 0. The molecule has 1 aliphatic heterocycles. The third-order valence-corrected chi connectivity index (χ3v) is 1.35. The molecule has 2 nitrogen and oxygen atoms in total. The molecule has 0 saturated heterocycles. The second-order valence-electron chi connectivity index (χ2n) is 1.28. The van der Waals surface area contributed by atoms with Crippen LogP contribution in [0.3, 0.4) is 0 Å². The van der Waals surface area contributed by atoms with Crippen LogP contribution in [0.1, 0.15) is 6.42 Å². The molecule has 0 fully saturated rings. The van der Waals surface area contributed by atoms with Gasteiger partial charge in [0.25, 0.3) is 0 Å². The molecule has 3 heteroatoms. The molecule has 0 radical (unpaired) electrons. The largest absolute Gasteiger partial charge is 0.293 e. The highest BCUT2D eigenvalue weighted by molar-refractivity contribution is 7.98. The summed E-state index contributed by atoms with van der Waals surface area (Å²) in [6, 6.07) is 0. The predicted octanol–water partition coefficient (Wildman–Crippen LogP) is 0.678. The summed E-state index contributed by atoms with van der Waals surface area (Å²) in [6.07, 6.45) is 2.04. The van der Waals surface area contributed by atoms with Gasteiger partial charge in [-0.15, -0.1) is 0 Å². The van der Waals surface area contributed by atoms with Crippen molar-refractivity contribution in [2.75, 3.05) is 5.75 Å². The minimum absolute atomic E-state index is 0.152. The number of hydrogen-bond acceptors (Lipinski definition) is 3. The van der Waals surface area contributed by atoms with Gasteiger partial charge in [-0.3, -0.25) is 4.79 Å². The number of carbonyl (C=O) groups excluding carboxylic acids is 1. The highest BCUT2D eigenvalue weighted by atomic mass is 32.2. The van der Waals surface area contributed by atoms with Crippen molar-refractivity contribution in [3.05, 3.63) is 0 Å². The number of rotatable bonds is 0. The first-order valence-corrected chi connectivity index (χ1v) is 3.02. The second kappa shape index (κ2) is 2.12. The Bertz CT molecular complexity index is 110. The Morgan fingerprint density at radius 3 is 3.00 bits per heavy atom. The van der Waals surface area contributed by atoms with Crippen molar-refractivity contribution in [3.8, 4) is 0 Å². The van der Waals surface area contributed by atoms with Crippen molar-refractivity contribution >= 4 is 23.9 Å². The second-order valence-corrected chi connectivity index (χ2v) is 2.16. The average Bonchev–Trinajstić information content (AvgIpc) is 1.69. The summed E-state index contributed by atoms with van der Waals surface area (Å²) < 4.78 is 3.70. The molecule has 1 heterocycles. The van der Waals surface area contributed by atoms with Crippen LogP contribution in [0.2, 0.25) is 0 Å². The first-order valence-electron chi connectivity index (χ1n) is 2.08. The maximum Gasteiger partial charge on any atom is 0.175 e. The Kier molecular flexibility index (Phi) is 1.46. The monoisotopic (exact) mass is 115 g/mol. The number of nitrogens with zero attached hydrogens (tertiary/aromatic N) is 1. The smallest absolute Gasteiger partial charge is 0.175 e. The van der Waals surface area contributed by atoms with Crippen LogP contribution in [-0.4, -0.2) is 17.8 Å². The Hall–Kier alpha value is -0.310. The summed E-state index contributed by atoms with van der Waals surface area (Å²) in [7, 11) is 0. The average molecular weight is 115 g/mol. The van der Waals surface area contributed by atoms with E-state index >= 15 is 0 Å². The Morgan fingerprint density at radius 2 is 2.71 bits per heavy atom. The minimum atomic E-state index is 0.152. The molecule has 0 aromatic carbocycles. The van der Waals surface area contributed by atoms with Crippen LogP contribution in [0, 0.1) is 0 Å². The highest BCUT2D eigenvalue weighted by Gasteiger charge is 2.00. The number of Topliss-reactive ketones (excluding diaryl/α,β-unsaturated/α-hetero) is 1. The first kappa shape index (κ1) is 4.84. The fourth-order valence-corrected chi connectivity index (χ4v) is 0.950. The van der Waals surface area contributed by atoms with Crippen molar-refractivity contribution in [3.63, 3.8) is 0 Å². The quantitative estimate of drug-likeness (QED) is 0.434. The Morgan fingerprint density at radius 1 is 1.86 bits per heavy atom. The summed E-state index contributed by atoms with van der Waals surface area (Å²) in [4.78, 5) is 10.3. The summed E-state index contributed by atoms with van der Waals surface area (Å²) in [5.74, 6) is 1.01. The lowest BCUT2D eigenvalue weighted by atomic mass is 10.3. The molecule has 0 bridgehead atoms. The van der Waals surface area contributed by atoms with Gasteiger partial charge in [0, 0.05) is 12.2 Å². The van der Waals surface area contributed by atoms with Gasteiger partial charge in [0.2, 0.25) is 0 Å². The van der Waals surface area contributed by atoms with Crippen molar-refractivity contribution in [1.29, 1.82) is 0 Å². The number of ketones is 1. The zero-order valence-corrected chi connectivity index (χ0v) is 4.57. The van der Waals surface area contributed by atoms with Crippen molar-refractivity contribution in [1.82, 2.24) is 0 Å². The zero-order chi connectivity index (χ0) is 5.11. The molecular formula is C4H5NOS. The maximum atomic E-state index is 10.3. The fourth-order valence-electron chi connectivity index (χ4n) is 0.360. The van der Waals surface area contributed by atoms with E-state index in [0.717, 1.165) is 5.75 Å². The van der Waals surface area contributed by atoms with Crippen LogP contribution in [0.4, 0.5) is 0 Å². The Labute approximate surface area is 46.1 Å². The van der Waals surface area contributed by atoms with E-state index in [1.165, 1.54) is 18.2 Å². The molecule has 1 aliphatic rings. The number of hydrogen-bond donors (Lipinski definition) is 0. The summed E-state index contributed by atoms with van der Waals surface area (Å²) >= 11 is 1.45. The van der Waals surface area contributed by atoms with Crippen molar-refractivity contribution in [2.45, 2.75) is 6.42 Å². The molecule has 0 spiro atoms. The molecule has 0 unspecified atom stereocenters. The first-order chi connectivity index (χ1) is 3.39. The third-order valence-electron chi connectivity index (χ3n) is 0.711. The van der Waals surface area contributed by atoms with Crippen LogP contribution >= 0.6 is 11.9 Å². The van der Waals surface area contributed by atoms with Gasteiger partial charge in [-0.25, -0.2) is 4.40 Å². The Balaban J connectivity index is 2.51. The third kappa shape index (κ3) is 1.31. The van der Waals surface area contributed by atoms with E-state index in [-0.39, 0.29) is 5.78 Å². The molecule has 1 rings (SSSR count). The molecule has 7 heavy (non-hydrogen) atoms. The summed E-state index contributed by atoms with van der Waals surface area (Å²) in [6.45, 7) is 0. The normalized spacial score (nSPS) is 20.3.